The van der Waals surface area contributed by atoms with Crippen LogP contribution in [0, 0.1) is 10.1 Å². The van der Waals surface area contributed by atoms with E-state index in [2.05, 4.69) is 4.90 Å². The van der Waals surface area contributed by atoms with E-state index in [-0.39, 0.29) is 23.2 Å². The summed E-state index contributed by atoms with van der Waals surface area (Å²) in [7, 11) is 1.86. The maximum atomic E-state index is 10.8. The lowest BCUT2D eigenvalue weighted by atomic mass is 10.1. The molecule has 2 rings (SSSR count). The van der Waals surface area contributed by atoms with Crippen LogP contribution in [-0.4, -0.2) is 58.5 Å². The van der Waals surface area contributed by atoms with Gasteiger partial charge in [0, 0.05) is 24.7 Å². The number of likely N-dealkylation sites (N-methyl/N-ethyl adjacent to an activating group) is 1. The Kier molecular flexibility index (Phi) is 6.06. The molecular weight excluding hydrogens is 298 g/mol. The lowest BCUT2D eigenvalue weighted by Crippen LogP contribution is -2.36. The molecule has 1 aliphatic heterocycles. The molecule has 1 aliphatic rings. The molecule has 0 aliphatic carbocycles. The number of carbonyl (C=O) groups is 1. The van der Waals surface area contributed by atoms with Crippen molar-refractivity contribution in [1.29, 1.82) is 0 Å². The number of nitro groups is 1. The predicted octanol–water partition coefficient (Wildman–Crippen LogP) is 1.97. The molecule has 1 aromatic rings. The summed E-state index contributed by atoms with van der Waals surface area (Å²) < 4.78 is 0. The van der Waals surface area contributed by atoms with E-state index >= 15 is 0 Å². The molecule has 1 saturated heterocycles. The molecule has 0 aromatic heterocycles. The second-order valence-electron chi connectivity index (χ2n) is 6.10. The number of hydrogen-bond acceptors (Lipinski definition) is 5. The monoisotopic (exact) mass is 321 g/mol. The SMILES string of the molecule is CN(CC(=O)O)C1CCCN(Cc2cccc([N+](=O)[O-])c2)CC1. The van der Waals surface area contributed by atoms with Gasteiger partial charge in [0.05, 0.1) is 11.5 Å². The molecule has 0 amide bonds. The normalized spacial score (nSPS) is 19.5. The van der Waals surface area contributed by atoms with Crippen LogP contribution in [-0.2, 0) is 11.3 Å². The Hall–Kier alpha value is -1.99. The van der Waals surface area contributed by atoms with E-state index in [0.29, 0.717) is 6.54 Å². The zero-order valence-electron chi connectivity index (χ0n) is 13.4. The van der Waals surface area contributed by atoms with Gasteiger partial charge in [-0.05, 0) is 45.0 Å². The standard InChI is InChI=1S/C16H23N3O4/c1-17(12-16(20)21)14-6-3-8-18(9-7-14)11-13-4-2-5-15(10-13)19(22)23/h2,4-5,10,14H,3,6-9,11-12H2,1H3,(H,20,21). The van der Waals surface area contributed by atoms with Gasteiger partial charge in [0.1, 0.15) is 0 Å². The van der Waals surface area contributed by atoms with Crippen LogP contribution >= 0.6 is 0 Å². The van der Waals surface area contributed by atoms with Gasteiger partial charge in [-0.2, -0.15) is 0 Å². The van der Waals surface area contributed by atoms with Crippen LogP contribution in [0.4, 0.5) is 5.69 Å². The Balaban J connectivity index is 1.92. The van der Waals surface area contributed by atoms with Crippen molar-refractivity contribution in [3.63, 3.8) is 0 Å². The minimum absolute atomic E-state index is 0.0650. The van der Waals surface area contributed by atoms with Gasteiger partial charge in [0.15, 0.2) is 0 Å². The summed E-state index contributed by atoms with van der Waals surface area (Å²) >= 11 is 0. The molecule has 1 heterocycles. The van der Waals surface area contributed by atoms with Gasteiger partial charge in [-0.3, -0.25) is 24.7 Å². The van der Waals surface area contributed by atoms with Crippen molar-refractivity contribution in [2.45, 2.75) is 31.8 Å². The number of carboxylic acid groups (broad SMARTS) is 1. The van der Waals surface area contributed by atoms with Crippen LogP contribution in [0.15, 0.2) is 24.3 Å². The molecule has 1 unspecified atom stereocenters. The largest absolute Gasteiger partial charge is 0.480 e. The van der Waals surface area contributed by atoms with E-state index in [0.717, 1.165) is 37.9 Å². The molecule has 1 N–H and O–H groups in total. The van der Waals surface area contributed by atoms with Gasteiger partial charge in [-0.1, -0.05) is 12.1 Å². The van der Waals surface area contributed by atoms with Gasteiger partial charge in [0.25, 0.3) is 5.69 Å². The molecule has 1 fully saturated rings. The molecule has 0 radical (unpaired) electrons. The first kappa shape index (κ1) is 17.4. The minimum Gasteiger partial charge on any atom is -0.480 e. The fourth-order valence-electron chi connectivity index (χ4n) is 3.11. The van der Waals surface area contributed by atoms with Gasteiger partial charge in [-0.15, -0.1) is 0 Å². The summed E-state index contributed by atoms with van der Waals surface area (Å²) in [5.41, 5.74) is 1.06. The van der Waals surface area contributed by atoms with Crippen LogP contribution in [0.2, 0.25) is 0 Å². The smallest absolute Gasteiger partial charge is 0.317 e. The van der Waals surface area contributed by atoms with E-state index in [1.54, 1.807) is 12.1 Å². The van der Waals surface area contributed by atoms with Gasteiger partial charge in [0.2, 0.25) is 0 Å². The Morgan fingerprint density at radius 3 is 2.91 bits per heavy atom. The Bertz CT molecular complexity index is 564. The molecule has 126 valence electrons. The average Bonchev–Trinajstić information content (AvgIpc) is 2.72. The van der Waals surface area contributed by atoms with Crippen molar-refractivity contribution < 1.29 is 14.8 Å². The van der Waals surface area contributed by atoms with Crippen molar-refractivity contribution >= 4 is 11.7 Å². The van der Waals surface area contributed by atoms with E-state index < -0.39 is 5.97 Å². The highest BCUT2D eigenvalue weighted by Gasteiger charge is 2.22. The van der Waals surface area contributed by atoms with Crippen molar-refractivity contribution in [3.8, 4) is 0 Å². The summed E-state index contributed by atoms with van der Waals surface area (Å²) in [6, 6.07) is 7.03. The summed E-state index contributed by atoms with van der Waals surface area (Å²) in [4.78, 5) is 25.5. The summed E-state index contributed by atoms with van der Waals surface area (Å²) in [6.45, 7) is 2.56. The van der Waals surface area contributed by atoms with E-state index in [4.69, 9.17) is 5.11 Å². The van der Waals surface area contributed by atoms with Crippen LogP contribution in [0.25, 0.3) is 0 Å². The third-order valence-corrected chi connectivity index (χ3v) is 4.33. The lowest BCUT2D eigenvalue weighted by molar-refractivity contribution is -0.384. The zero-order chi connectivity index (χ0) is 16.8. The lowest BCUT2D eigenvalue weighted by Gasteiger charge is -2.25. The summed E-state index contributed by atoms with van der Waals surface area (Å²) in [5.74, 6) is -0.801. The molecule has 7 nitrogen and oxygen atoms in total. The maximum Gasteiger partial charge on any atom is 0.317 e. The molecule has 0 bridgehead atoms. The van der Waals surface area contributed by atoms with Crippen LogP contribution < -0.4 is 0 Å². The molecule has 7 heteroatoms. The molecule has 1 atom stereocenters. The van der Waals surface area contributed by atoms with Crippen molar-refractivity contribution in [3.05, 3.63) is 39.9 Å². The first-order valence-corrected chi connectivity index (χ1v) is 7.83. The van der Waals surface area contributed by atoms with Gasteiger partial charge >= 0.3 is 5.97 Å². The summed E-state index contributed by atoms with van der Waals surface area (Å²) in [5, 5.41) is 19.7. The Morgan fingerprint density at radius 2 is 2.22 bits per heavy atom. The second-order valence-corrected chi connectivity index (χ2v) is 6.10. The Morgan fingerprint density at radius 1 is 1.43 bits per heavy atom. The molecule has 23 heavy (non-hydrogen) atoms. The van der Waals surface area contributed by atoms with Crippen molar-refractivity contribution in [2.24, 2.45) is 0 Å². The number of hydrogen-bond donors (Lipinski definition) is 1. The topological polar surface area (TPSA) is 86.9 Å². The third kappa shape index (κ3) is 5.30. The minimum atomic E-state index is -0.801. The quantitative estimate of drug-likeness (QED) is 0.637. The van der Waals surface area contributed by atoms with E-state index in [1.807, 2.05) is 18.0 Å². The van der Waals surface area contributed by atoms with Crippen LogP contribution in [0.5, 0.6) is 0 Å². The molecule has 1 aromatic carbocycles. The fourth-order valence-corrected chi connectivity index (χ4v) is 3.11. The first-order chi connectivity index (χ1) is 11.0. The number of aliphatic carboxylic acids is 1. The molecular formula is C16H23N3O4. The second kappa shape index (κ2) is 8.03. The molecule has 0 spiro atoms. The fraction of sp³-hybridized carbons (Fsp3) is 0.562. The number of benzene rings is 1. The Labute approximate surface area is 135 Å². The highest BCUT2D eigenvalue weighted by molar-refractivity contribution is 5.69. The highest BCUT2D eigenvalue weighted by Crippen LogP contribution is 2.19. The van der Waals surface area contributed by atoms with E-state index in [1.165, 1.54) is 6.07 Å². The van der Waals surface area contributed by atoms with Gasteiger partial charge < -0.3 is 5.11 Å². The zero-order valence-corrected chi connectivity index (χ0v) is 13.4. The number of rotatable bonds is 6. The van der Waals surface area contributed by atoms with Crippen molar-refractivity contribution in [1.82, 2.24) is 9.80 Å². The van der Waals surface area contributed by atoms with Crippen molar-refractivity contribution in [2.75, 3.05) is 26.7 Å². The van der Waals surface area contributed by atoms with Crippen LogP contribution in [0.1, 0.15) is 24.8 Å². The number of carboxylic acids is 1. The number of non-ortho nitro benzene ring substituents is 1. The number of nitro benzene ring substituents is 1. The van der Waals surface area contributed by atoms with Gasteiger partial charge in [-0.25, -0.2) is 0 Å². The highest BCUT2D eigenvalue weighted by atomic mass is 16.6. The first-order valence-electron chi connectivity index (χ1n) is 7.83. The summed E-state index contributed by atoms with van der Waals surface area (Å²) in [6.07, 6.45) is 2.90. The maximum absolute atomic E-state index is 10.8. The van der Waals surface area contributed by atoms with E-state index in [9.17, 15) is 14.9 Å². The molecule has 0 saturated carbocycles. The number of nitrogens with zero attached hydrogens (tertiary/aromatic N) is 3. The third-order valence-electron chi connectivity index (χ3n) is 4.33. The predicted molar refractivity (Wildman–Crippen MR) is 86.3 cm³/mol. The van der Waals surface area contributed by atoms with Crippen LogP contribution in [0.3, 0.4) is 0 Å². The number of likely N-dealkylation sites (tertiary alicyclic amines) is 1. The average molecular weight is 321 g/mol.